The standard InChI is InChI=1S/C11H14N2O4/c1-6(9(13)10(14)15)17-11(16)7-2-4-8(12)5-3-7/h2-6,9H,12-13H2,1H3,(H,14,15)/t6-,9+/m1/s1. The predicted octanol–water partition coefficient (Wildman–Crippen LogP) is 0.226. The molecule has 0 aromatic heterocycles. The van der Waals surface area contributed by atoms with Gasteiger partial charge >= 0.3 is 11.9 Å². The van der Waals surface area contributed by atoms with Crippen LogP contribution in [0, 0.1) is 0 Å². The van der Waals surface area contributed by atoms with Crippen LogP contribution >= 0.6 is 0 Å². The Morgan fingerprint density at radius 2 is 1.82 bits per heavy atom. The van der Waals surface area contributed by atoms with Gasteiger partial charge in [-0.2, -0.15) is 0 Å². The summed E-state index contributed by atoms with van der Waals surface area (Å²) in [7, 11) is 0. The smallest absolute Gasteiger partial charge is 0.338 e. The van der Waals surface area contributed by atoms with E-state index in [9.17, 15) is 9.59 Å². The highest BCUT2D eigenvalue weighted by atomic mass is 16.5. The van der Waals surface area contributed by atoms with Gasteiger partial charge in [0, 0.05) is 5.69 Å². The first kappa shape index (κ1) is 13.0. The summed E-state index contributed by atoms with van der Waals surface area (Å²) in [6, 6.07) is 4.86. The first-order chi connectivity index (χ1) is 7.91. The van der Waals surface area contributed by atoms with Gasteiger partial charge in [0.05, 0.1) is 5.56 Å². The maximum atomic E-state index is 11.6. The number of nitrogen functional groups attached to an aromatic ring is 1. The number of benzene rings is 1. The minimum Gasteiger partial charge on any atom is -0.480 e. The van der Waals surface area contributed by atoms with Crippen molar-refractivity contribution >= 4 is 17.6 Å². The number of anilines is 1. The van der Waals surface area contributed by atoms with Gasteiger partial charge in [-0.3, -0.25) is 4.79 Å². The number of rotatable bonds is 4. The number of hydrogen-bond donors (Lipinski definition) is 3. The molecule has 17 heavy (non-hydrogen) atoms. The number of ether oxygens (including phenoxy) is 1. The number of aliphatic carboxylic acids is 1. The van der Waals surface area contributed by atoms with E-state index in [0.717, 1.165) is 0 Å². The lowest BCUT2D eigenvalue weighted by Crippen LogP contribution is -2.42. The Kier molecular flexibility index (Phi) is 4.06. The number of esters is 1. The van der Waals surface area contributed by atoms with Gasteiger partial charge in [-0.1, -0.05) is 0 Å². The summed E-state index contributed by atoms with van der Waals surface area (Å²) in [6.45, 7) is 1.42. The van der Waals surface area contributed by atoms with E-state index in [1.165, 1.54) is 19.1 Å². The molecule has 1 rings (SSSR count). The number of carbonyl (C=O) groups excluding carboxylic acids is 1. The summed E-state index contributed by atoms with van der Waals surface area (Å²) in [5.41, 5.74) is 11.6. The van der Waals surface area contributed by atoms with E-state index < -0.39 is 24.1 Å². The van der Waals surface area contributed by atoms with Gasteiger partial charge in [-0.25, -0.2) is 4.79 Å². The molecule has 0 aliphatic carbocycles. The molecule has 1 aromatic rings. The molecule has 0 bridgehead atoms. The molecule has 0 fully saturated rings. The summed E-state index contributed by atoms with van der Waals surface area (Å²) >= 11 is 0. The van der Waals surface area contributed by atoms with Crippen molar-refractivity contribution in [1.82, 2.24) is 0 Å². The highest BCUT2D eigenvalue weighted by molar-refractivity contribution is 5.90. The molecule has 0 amide bonds. The van der Waals surface area contributed by atoms with Gasteiger partial charge < -0.3 is 21.3 Å². The maximum Gasteiger partial charge on any atom is 0.338 e. The van der Waals surface area contributed by atoms with Crippen molar-refractivity contribution < 1.29 is 19.4 Å². The first-order valence-electron chi connectivity index (χ1n) is 4.96. The fourth-order valence-electron chi connectivity index (χ4n) is 1.13. The lowest BCUT2D eigenvalue weighted by atomic mass is 10.2. The average Bonchev–Trinajstić information content (AvgIpc) is 2.28. The Labute approximate surface area is 98.2 Å². The van der Waals surface area contributed by atoms with Gasteiger partial charge in [-0.15, -0.1) is 0 Å². The Morgan fingerprint density at radius 1 is 1.29 bits per heavy atom. The van der Waals surface area contributed by atoms with Crippen molar-refractivity contribution in [3.8, 4) is 0 Å². The zero-order chi connectivity index (χ0) is 13.0. The van der Waals surface area contributed by atoms with Crippen molar-refractivity contribution in [3.05, 3.63) is 29.8 Å². The monoisotopic (exact) mass is 238 g/mol. The molecule has 6 nitrogen and oxygen atoms in total. The van der Waals surface area contributed by atoms with Crippen LogP contribution in [0.1, 0.15) is 17.3 Å². The van der Waals surface area contributed by atoms with Crippen LogP contribution in [0.2, 0.25) is 0 Å². The second kappa shape index (κ2) is 5.31. The van der Waals surface area contributed by atoms with E-state index in [-0.39, 0.29) is 0 Å². The Hall–Kier alpha value is -2.08. The van der Waals surface area contributed by atoms with Crippen LogP contribution in [0.5, 0.6) is 0 Å². The van der Waals surface area contributed by atoms with E-state index in [0.29, 0.717) is 11.3 Å². The lowest BCUT2D eigenvalue weighted by molar-refractivity contribution is -0.140. The topological polar surface area (TPSA) is 116 Å². The maximum absolute atomic E-state index is 11.6. The highest BCUT2D eigenvalue weighted by Crippen LogP contribution is 2.09. The molecule has 0 radical (unpaired) electrons. The quantitative estimate of drug-likeness (QED) is 0.510. The third-order valence-corrected chi connectivity index (χ3v) is 2.23. The SMILES string of the molecule is C[C@@H](OC(=O)c1ccc(N)cc1)[C@H](N)C(=O)O. The molecule has 0 spiro atoms. The fraction of sp³-hybridized carbons (Fsp3) is 0.273. The summed E-state index contributed by atoms with van der Waals surface area (Å²) in [4.78, 5) is 22.2. The van der Waals surface area contributed by atoms with Crippen molar-refractivity contribution in [2.24, 2.45) is 5.73 Å². The predicted molar refractivity (Wildman–Crippen MR) is 61.3 cm³/mol. The second-order valence-corrected chi connectivity index (χ2v) is 3.60. The highest BCUT2D eigenvalue weighted by Gasteiger charge is 2.23. The van der Waals surface area contributed by atoms with Gasteiger partial charge in [0.1, 0.15) is 12.1 Å². The molecule has 0 unspecified atom stereocenters. The van der Waals surface area contributed by atoms with Crippen LogP contribution in [0.3, 0.4) is 0 Å². The summed E-state index contributed by atoms with van der Waals surface area (Å²) < 4.78 is 4.91. The Bertz CT molecular complexity index is 416. The molecule has 1 aromatic carbocycles. The normalized spacial score (nSPS) is 13.8. The van der Waals surface area contributed by atoms with Crippen LogP contribution in [-0.4, -0.2) is 29.2 Å². The third-order valence-electron chi connectivity index (χ3n) is 2.23. The zero-order valence-electron chi connectivity index (χ0n) is 9.29. The largest absolute Gasteiger partial charge is 0.480 e. The minimum atomic E-state index is -1.24. The van der Waals surface area contributed by atoms with Crippen LogP contribution in [0.25, 0.3) is 0 Å². The Morgan fingerprint density at radius 3 is 2.29 bits per heavy atom. The summed E-state index contributed by atoms with van der Waals surface area (Å²) in [5.74, 6) is -1.85. The van der Waals surface area contributed by atoms with Crippen molar-refractivity contribution in [2.45, 2.75) is 19.1 Å². The Balaban J connectivity index is 2.66. The molecule has 0 aliphatic heterocycles. The van der Waals surface area contributed by atoms with Crippen LogP contribution < -0.4 is 11.5 Å². The van der Waals surface area contributed by atoms with Crippen molar-refractivity contribution in [1.29, 1.82) is 0 Å². The number of hydrogen-bond acceptors (Lipinski definition) is 5. The number of carbonyl (C=O) groups is 2. The molecule has 5 N–H and O–H groups in total. The van der Waals surface area contributed by atoms with E-state index in [2.05, 4.69) is 0 Å². The van der Waals surface area contributed by atoms with Crippen molar-refractivity contribution in [3.63, 3.8) is 0 Å². The van der Waals surface area contributed by atoms with E-state index >= 15 is 0 Å². The van der Waals surface area contributed by atoms with Crippen LogP contribution in [0.4, 0.5) is 5.69 Å². The lowest BCUT2D eigenvalue weighted by Gasteiger charge is -2.16. The minimum absolute atomic E-state index is 0.295. The second-order valence-electron chi connectivity index (χ2n) is 3.60. The number of carboxylic acid groups (broad SMARTS) is 1. The molecule has 0 saturated carbocycles. The number of carboxylic acids is 1. The van der Waals surface area contributed by atoms with Crippen LogP contribution in [-0.2, 0) is 9.53 Å². The zero-order valence-corrected chi connectivity index (χ0v) is 9.29. The molecule has 0 aliphatic rings. The summed E-state index contributed by atoms with van der Waals surface area (Å²) in [6.07, 6.45) is -0.905. The van der Waals surface area contributed by atoms with Gasteiger partial charge in [-0.05, 0) is 31.2 Å². The molecule has 0 heterocycles. The average molecular weight is 238 g/mol. The van der Waals surface area contributed by atoms with E-state index in [1.54, 1.807) is 12.1 Å². The van der Waals surface area contributed by atoms with Gasteiger partial charge in [0.2, 0.25) is 0 Å². The summed E-state index contributed by atoms with van der Waals surface area (Å²) in [5, 5.41) is 8.64. The van der Waals surface area contributed by atoms with E-state index in [1.807, 2.05) is 0 Å². The molecule has 6 heteroatoms. The van der Waals surface area contributed by atoms with Crippen molar-refractivity contribution in [2.75, 3.05) is 5.73 Å². The molecule has 2 atom stereocenters. The molecule has 92 valence electrons. The van der Waals surface area contributed by atoms with Gasteiger partial charge in [0.25, 0.3) is 0 Å². The molecular formula is C11H14N2O4. The van der Waals surface area contributed by atoms with E-state index in [4.69, 9.17) is 21.3 Å². The molecule has 0 saturated heterocycles. The van der Waals surface area contributed by atoms with Crippen LogP contribution in [0.15, 0.2) is 24.3 Å². The first-order valence-corrected chi connectivity index (χ1v) is 4.96. The fourth-order valence-corrected chi connectivity index (χ4v) is 1.13. The molecular weight excluding hydrogens is 224 g/mol. The number of nitrogens with two attached hydrogens (primary N) is 2. The van der Waals surface area contributed by atoms with Gasteiger partial charge in [0.15, 0.2) is 0 Å². The third kappa shape index (κ3) is 3.46.